The molecule has 0 aliphatic rings. The van der Waals surface area contributed by atoms with Gasteiger partial charge in [-0.2, -0.15) is 0 Å². The second-order valence-electron chi connectivity index (χ2n) is 3.73. The highest BCUT2D eigenvalue weighted by Gasteiger charge is 2.22. The van der Waals surface area contributed by atoms with E-state index in [-0.39, 0.29) is 10.6 Å². The molecule has 1 aromatic carbocycles. The molecule has 0 atom stereocenters. The van der Waals surface area contributed by atoms with Crippen molar-refractivity contribution in [1.29, 1.82) is 0 Å². The van der Waals surface area contributed by atoms with Crippen molar-refractivity contribution in [2.75, 3.05) is 11.9 Å². The fraction of sp³-hybridized carbons (Fsp3) is 0.167. The van der Waals surface area contributed by atoms with Crippen LogP contribution in [0, 0.1) is 12.7 Å². The molecule has 18 heavy (non-hydrogen) atoms. The lowest BCUT2D eigenvalue weighted by Crippen LogP contribution is -2.27. The Bertz CT molecular complexity index is 579. The number of rotatable bonds is 2. The average molecular weight is 285 g/mol. The maximum Gasteiger partial charge on any atom is 0.264 e. The average Bonchev–Trinajstić information content (AvgIpc) is 2.74. The first kappa shape index (κ1) is 13.0. The van der Waals surface area contributed by atoms with Gasteiger partial charge in [-0.25, -0.2) is 9.37 Å². The van der Waals surface area contributed by atoms with Gasteiger partial charge in [-0.3, -0.25) is 9.69 Å². The zero-order valence-corrected chi connectivity index (χ0v) is 11.3. The minimum atomic E-state index is -0.632. The van der Waals surface area contributed by atoms with Crippen LogP contribution in [0.4, 0.5) is 9.52 Å². The zero-order chi connectivity index (χ0) is 13.3. The molecule has 94 valence electrons. The number of benzene rings is 1. The highest BCUT2D eigenvalue weighted by molar-refractivity contribution is 7.14. The van der Waals surface area contributed by atoms with Gasteiger partial charge in [-0.1, -0.05) is 17.7 Å². The van der Waals surface area contributed by atoms with Crippen molar-refractivity contribution in [1.82, 2.24) is 4.98 Å². The lowest BCUT2D eigenvalue weighted by atomic mass is 10.2. The van der Waals surface area contributed by atoms with Crippen LogP contribution in [0.2, 0.25) is 5.02 Å². The summed E-state index contributed by atoms with van der Waals surface area (Å²) in [6, 6.07) is 4.15. The van der Waals surface area contributed by atoms with Gasteiger partial charge in [-0.05, 0) is 19.1 Å². The summed E-state index contributed by atoms with van der Waals surface area (Å²) in [5, 5.41) is 2.43. The van der Waals surface area contributed by atoms with Crippen molar-refractivity contribution in [3.63, 3.8) is 0 Å². The molecule has 0 radical (unpaired) electrons. The molecular weight excluding hydrogens is 275 g/mol. The van der Waals surface area contributed by atoms with Gasteiger partial charge in [0.1, 0.15) is 5.82 Å². The third kappa shape index (κ3) is 2.37. The number of nitrogens with zero attached hydrogens (tertiary/aromatic N) is 2. The molecule has 1 aromatic heterocycles. The lowest BCUT2D eigenvalue weighted by Gasteiger charge is -2.15. The van der Waals surface area contributed by atoms with E-state index in [1.807, 2.05) is 12.3 Å². The van der Waals surface area contributed by atoms with E-state index in [0.717, 1.165) is 5.69 Å². The fourth-order valence-electron chi connectivity index (χ4n) is 1.45. The molecule has 1 heterocycles. The molecule has 6 heteroatoms. The van der Waals surface area contributed by atoms with Crippen molar-refractivity contribution < 1.29 is 9.18 Å². The molecule has 2 rings (SSSR count). The van der Waals surface area contributed by atoms with Crippen LogP contribution in [0.1, 0.15) is 16.1 Å². The van der Waals surface area contributed by atoms with Gasteiger partial charge in [-0.15, -0.1) is 11.3 Å². The first-order valence-electron chi connectivity index (χ1n) is 5.15. The van der Waals surface area contributed by atoms with E-state index >= 15 is 0 Å². The summed E-state index contributed by atoms with van der Waals surface area (Å²) in [5.74, 6) is -1.14. The van der Waals surface area contributed by atoms with Crippen LogP contribution in [-0.4, -0.2) is 17.9 Å². The topological polar surface area (TPSA) is 33.2 Å². The van der Waals surface area contributed by atoms with Gasteiger partial charge in [0.15, 0.2) is 5.13 Å². The number of aryl methyl sites for hydroxylation is 1. The molecule has 0 N–H and O–H groups in total. The summed E-state index contributed by atoms with van der Waals surface area (Å²) < 4.78 is 13.6. The number of halogens is 2. The quantitative estimate of drug-likeness (QED) is 0.845. The monoisotopic (exact) mass is 284 g/mol. The number of carbonyl (C=O) groups excluding carboxylic acids is 1. The van der Waals surface area contributed by atoms with E-state index in [0.29, 0.717) is 5.13 Å². The number of aromatic nitrogens is 1. The Labute approximate surface area is 113 Å². The van der Waals surface area contributed by atoms with Crippen LogP contribution in [-0.2, 0) is 0 Å². The molecule has 0 aliphatic heterocycles. The number of anilines is 1. The van der Waals surface area contributed by atoms with Crippen LogP contribution >= 0.6 is 22.9 Å². The highest BCUT2D eigenvalue weighted by Crippen LogP contribution is 2.25. The number of amides is 1. The van der Waals surface area contributed by atoms with Gasteiger partial charge in [0.25, 0.3) is 5.91 Å². The van der Waals surface area contributed by atoms with E-state index in [1.54, 1.807) is 7.05 Å². The minimum Gasteiger partial charge on any atom is -0.287 e. The van der Waals surface area contributed by atoms with Crippen molar-refractivity contribution in [3.05, 3.63) is 45.7 Å². The van der Waals surface area contributed by atoms with E-state index in [9.17, 15) is 9.18 Å². The first-order chi connectivity index (χ1) is 8.50. The largest absolute Gasteiger partial charge is 0.287 e. The Morgan fingerprint density at radius 1 is 1.50 bits per heavy atom. The molecule has 0 spiro atoms. The summed E-state index contributed by atoms with van der Waals surface area (Å²) in [6.45, 7) is 1.83. The zero-order valence-electron chi connectivity index (χ0n) is 9.78. The third-order valence-electron chi connectivity index (χ3n) is 2.38. The standard InChI is InChI=1S/C12H10ClFN2OS/c1-7-6-18-12(15-7)16(2)11(17)10-8(13)4-3-5-9(10)14/h3-6H,1-2H3. The summed E-state index contributed by atoms with van der Waals surface area (Å²) in [7, 11) is 1.55. The van der Waals surface area contributed by atoms with Gasteiger partial charge >= 0.3 is 0 Å². The Morgan fingerprint density at radius 2 is 2.22 bits per heavy atom. The number of hydrogen-bond acceptors (Lipinski definition) is 3. The highest BCUT2D eigenvalue weighted by atomic mass is 35.5. The number of hydrogen-bond donors (Lipinski definition) is 0. The van der Waals surface area contributed by atoms with E-state index < -0.39 is 11.7 Å². The van der Waals surface area contributed by atoms with Crippen LogP contribution in [0.5, 0.6) is 0 Å². The van der Waals surface area contributed by atoms with Crippen molar-refractivity contribution >= 4 is 34.0 Å². The van der Waals surface area contributed by atoms with E-state index in [2.05, 4.69) is 4.98 Å². The Balaban J connectivity index is 2.37. The van der Waals surface area contributed by atoms with Crippen molar-refractivity contribution in [2.24, 2.45) is 0 Å². The Hall–Kier alpha value is -1.46. The first-order valence-corrected chi connectivity index (χ1v) is 6.40. The molecule has 0 fully saturated rings. The lowest BCUT2D eigenvalue weighted by molar-refractivity contribution is 0.0989. The second-order valence-corrected chi connectivity index (χ2v) is 4.98. The SMILES string of the molecule is Cc1csc(N(C)C(=O)c2c(F)cccc2Cl)n1. The molecule has 2 aromatic rings. The van der Waals surface area contributed by atoms with Gasteiger partial charge in [0, 0.05) is 12.4 Å². The number of carbonyl (C=O) groups is 1. The molecular formula is C12H10ClFN2OS. The summed E-state index contributed by atoms with van der Waals surface area (Å²) in [6.07, 6.45) is 0. The molecule has 0 bridgehead atoms. The second kappa shape index (κ2) is 5.04. The van der Waals surface area contributed by atoms with Crippen LogP contribution < -0.4 is 4.90 Å². The molecule has 0 aliphatic carbocycles. The normalized spacial score (nSPS) is 10.4. The van der Waals surface area contributed by atoms with E-state index in [4.69, 9.17) is 11.6 Å². The maximum atomic E-state index is 13.6. The van der Waals surface area contributed by atoms with Gasteiger partial charge in [0.05, 0.1) is 16.3 Å². The maximum absolute atomic E-state index is 13.6. The number of thiazole rings is 1. The van der Waals surface area contributed by atoms with Gasteiger partial charge < -0.3 is 0 Å². The van der Waals surface area contributed by atoms with Crippen LogP contribution in [0.25, 0.3) is 0 Å². The van der Waals surface area contributed by atoms with Crippen LogP contribution in [0.15, 0.2) is 23.6 Å². The summed E-state index contributed by atoms with van der Waals surface area (Å²) in [5.41, 5.74) is 0.684. The fourth-order valence-corrected chi connectivity index (χ4v) is 2.46. The minimum absolute atomic E-state index is 0.0973. The molecule has 1 amide bonds. The Morgan fingerprint density at radius 3 is 2.78 bits per heavy atom. The van der Waals surface area contributed by atoms with Gasteiger partial charge in [0.2, 0.25) is 0 Å². The molecule has 0 unspecified atom stereocenters. The van der Waals surface area contributed by atoms with E-state index in [1.165, 1.54) is 34.4 Å². The third-order valence-corrected chi connectivity index (χ3v) is 3.72. The molecule has 3 nitrogen and oxygen atoms in total. The summed E-state index contributed by atoms with van der Waals surface area (Å²) >= 11 is 7.18. The van der Waals surface area contributed by atoms with Crippen molar-refractivity contribution in [2.45, 2.75) is 6.92 Å². The van der Waals surface area contributed by atoms with Crippen LogP contribution in [0.3, 0.4) is 0 Å². The summed E-state index contributed by atoms with van der Waals surface area (Å²) in [4.78, 5) is 17.6. The smallest absolute Gasteiger partial charge is 0.264 e. The molecule has 0 saturated heterocycles. The Kier molecular flexibility index (Phi) is 3.63. The predicted octanol–water partition coefficient (Wildman–Crippen LogP) is 3.52. The van der Waals surface area contributed by atoms with Crippen molar-refractivity contribution in [3.8, 4) is 0 Å². The predicted molar refractivity (Wildman–Crippen MR) is 71.0 cm³/mol. The molecule has 0 saturated carbocycles.